The van der Waals surface area contributed by atoms with Gasteiger partial charge in [-0.15, -0.1) is 0 Å². The van der Waals surface area contributed by atoms with Gasteiger partial charge < -0.3 is 0 Å². The van der Waals surface area contributed by atoms with E-state index in [4.69, 9.17) is 0 Å². The van der Waals surface area contributed by atoms with Gasteiger partial charge in [0.05, 0.1) is 16.6 Å². The number of benzene rings is 1. The minimum absolute atomic E-state index is 0.264. The Morgan fingerprint density at radius 2 is 2.00 bits per heavy atom. The number of rotatable bonds is 1. The molecule has 19 heavy (non-hydrogen) atoms. The highest BCUT2D eigenvalue weighted by molar-refractivity contribution is 9.10. The molecule has 0 aliphatic heterocycles. The molecular formula is C13H8BrF2N3. The van der Waals surface area contributed by atoms with E-state index in [1.807, 2.05) is 0 Å². The lowest BCUT2D eigenvalue weighted by Crippen LogP contribution is -1.92. The SMILES string of the molecule is Cn1nc(Br)c2cnc(-c3ccc(F)cc3F)cc21. The number of hydrogen-bond acceptors (Lipinski definition) is 2. The number of pyridine rings is 1. The van der Waals surface area contributed by atoms with Gasteiger partial charge in [-0.25, -0.2) is 8.78 Å². The van der Waals surface area contributed by atoms with Gasteiger partial charge in [0, 0.05) is 24.9 Å². The van der Waals surface area contributed by atoms with Gasteiger partial charge in [-0.2, -0.15) is 5.10 Å². The standard InChI is InChI=1S/C13H8BrF2N3/c1-19-12-5-11(17-6-9(12)13(14)18-19)8-3-2-7(15)4-10(8)16/h2-6H,1H3. The molecular weight excluding hydrogens is 316 g/mol. The molecule has 3 rings (SSSR count). The summed E-state index contributed by atoms with van der Waals surface area (Å²) in [5, 5.41) is 5.04. The fraction of sp³-hybridized carbons (Fsp3) is 0.0769. The molecule has 0 aliphatic rings. The third-order valence-electron chi connectivity index (χ3n) is 2.90. The minimum Gasteiger partial charge on any atom is -0.267 e. The highest BCUT2D eigenvalue weighted by Gasteiger charge is 2.12. The molecule has 3 aromatic rings. The van der Waals surface area contributed by atoms with Gasteiger partial charge in [-0.05, 0) is 34.1 Å². The first kappa shape index (κ1) is 12.2. The van der Waals surface area contributed by atoms with Gasteiger partial charge in [0.1, 0.15) is 16.2 Å². The summed E-state index contributed by atoms with van der Waals surface area (Å²) in [6, 6.07) is 5.16. The molecule has 0 N–H and O–H groups in total. The van der Waals surface area contributed by atoms with Gasteiger partial charge >= 0.3 is 0 Å². The fourth-order valence-corrected chi connectivity index (χ4v) is 2.50. The lowest BCUT2D eigenvalue weighted by Gasteiger charge is -2.03. The molecule has 0 atom stereocenters. The zero-order valence-electron chi connectivity index (χ0n) is 9.86. The van der Waals surface area contributed by atoms with Crippen molar-refractivity contribution in [2.75, 3.05) is 0 Å². The second-order valence-corrected chi connectivity index (χ2v) is 4.88. The number of aryl methyl sites for hydroxylation is 1. The van der Waals surface area contributed by atoms with Gasteiger partial charge in [0.15, 0.2) is 0 Å². The van der Waals surface area contributed by atoms with E-state index in [-0.39, 0.29) is 5.56 Å². The number of hydrogen-bond donors (Lipinski definition) is 0. The Labute approximate surface area is 116 Å². The highest BCUT2D eigenvalue weighted by Crippen LogP contribution is 2.27. The van der Waals surface area contributed by atoms with Crippen LogP contribution in [-0.2, 0) is 7.05 Å². The van der Waals surface area contributed by atoms with Crippen LogP contribution in [0.3, 0.4) is 0 Å². The predicted octanol–water partition coefficient (Wildman–Crippen LogP) is 3.68. The predicted molar refractivity (Wildman–Crippen MR) is 71.6 cm³/mol. The Bertz CT molecular complexity index is 783. The maximum Gasteiger partial charge on any atom is 0.137 e. The smallest absolute Gasteiger partial charge is 0.137 e. The van der Waals surface area contributed by atoms with E-state index in [0.717, 1.165) is 17.0 Å². The largest absolute Gasteiger partial charge is 0.267 e. The van der Waals surface area contributed by atoms with Crippen molar-refractivity contribution >= 4 is 26.8 Å². The van der Waals surface area contributed by atoms with Gasteiger partial charge in [0.2, 0.25) is 0 Å². The molecule has 6 heteroatoms. The second-order valence-electron chi connectivity index (χ2n) is 4.13. The Morgan fingerprint density at radius 1 is 1.21 bits per heavy atom. The third kappa shape index (κ3) is 2.02. The molecule has 2 aromatic heterocycles. The van der Waals surface area contributed by atoms with Crippen molar-refractivity contribution in [2.24, 2.45) is 7.05 Å². The molecule has 0 fully saturated rings. The lowest BCUT2D eigenvalue weighted by atomic mass is 10.1. The van der Waals surface area contributed by atoms with Crippen LogP contribution < -0.4 is 0 Å². The monoisotopic (exact) mass is 323 g/mol. The average Bonchev–Trinajstić information content (AvgIpc) is 2.65. The van der Waals surface area contributed by atoms with Crippen molar-refractivity contribution in [1.82, 2.24) is 14.8 Å². The molecule has 0 radical (unpaired) electrons. The van der Waals surface area contributed by atoms with Crippen molar-refractivity contribution in [3.8, 4) is 11.3 Å². The van der Waals surface area contributed by atoms with E-state index in [1.165, 1.54) is 12.1 Å². The maximum atomic E-state index is 13.7. The molecule has 0 saturated heterocycles. The quantitative estimate of drug-likeness (QED) is 0.684. The van der Waals surface area contributed by atoms with Crippen LogP contribution in [0.15, 0.2) is 35.1 Å². The molecule has 0 amide bonds. The highest BCUT2D eigenvalue weighted by atomic mass is 79.9. The van der Waals surface area contributed by atoms with Crippen molar-refractivity contribution in [3.05, 3.63) is 46.7 Å². The van der Waals surface area contributed by atoms with Crippen LogP contribution in [-0.4, -0.2) is 14.8 Å². The minimum atomic E-state index is -0.631. The number of aromatic nitrogens is 3. The van der Waals surface area contributed by atoms with Crippen LogP contribution in [0.5, 0.6) is 0 Å². The molecule has 0 saturated carbocycles. The zero-order valence-corrected chi connectivity index (χ0v) is 11.4. The third-order valence-corrected chi connectivity index (χ3v) is 3.48. The normalized spacial score (nSPS) is 11.2. The van der Waals surface area contributed by atoms with Gasteiger partial charge in [-0.3, -0.25) is 9.67 Å². The Morgan fingerprint density at radius 3 is 2.74 bits per heavy atom. The Kier molecular flexibility index (Phi) is 2.82. The van der Waals surface area contributed by atoms with E-state index >= 15 is 0 Å². The number of halogens is 3. The van der Waals surface area contributed by atoms with Crippen LogP contribution in [0.25, 0.3) is 22.2 Å². The summed E-state index contributed by atoms with van der Waals surface area (Å²) in [6.07, 6.45) is 1.62. The summed E-state index contributed by atoms with van der Waals surface area (Å²) in [7, 11) is 1.79. The molecule has 0 aliphatic carbocycles. The molecule has 0 spiro atoms. The topological polar surface area (TPSA) is 30.7 Å². The second kappa shape index (κ2) is 4.38. The zero-order chi connectivity index (χ0) is 13.6. The van der Waals surface area contributed by atoms with Gasteiger partial charge in [-0.1, -0.05) is 0 Å². The molecule has 1 aromatic carbocycles. The van der Waals surface area contributed by atoms with Crippen molar-refractivity contribution in [3.63, 3.8) is 0 Å². The van der Waals surface area contributed by atoms with Crippen LogP contribution in [0.1, 0.15) is 0 Å². The summed E-state index contributed by atoms with van der Waals surface area (Å²) in [5.74, 6) is -1.24. The molecule has 2 heterocycles. The van der Waals surface area contributed by atoms with E-state index in [0.29, 0.717) is 10.3 Å². The molecule has 3 nitrogen and oxygen atoms in total. The summed E-state index contributed by atoms with van der Waals surface area (Å²) >= 11 is 3.33. The van der Waals surface area contributed by atoms with E-state index in [1.54, 1.807) is 24.0 Å². The van der Waals surface area contributed by atoms with E-state index < -0.39 is 11.6 Å². The molecule has 96 valence electrons. The fourth-order valence-electron chi connectivity index (χ4n) is 1.96. The van der Waals surface area contributed by atoms with Crippen LogP contribution in [0.2, 0.25) is 0 Å². The van der Waals surface area contributed by atoms with Crippen molar-refractivity contribution < 1.29 is 8.78 Å². The average molecular weight is 324 g/mol. The van der Waals surface area contributed by atoms with Crippen molar-refractivity contribution in [1.29, 1.82) is 0 Å². The molecule has 0 unspecified atom stereocenters. The summed E-state index contributed by atoms with van der Waals surface area (Å²) < 4.78 is 29.0. The number of fused-ring (bicyclic) bond motifs is 1. The first-order chi connectivity index (χ1) is 9.06. The van der Waals surface area contributed by atoms with Crippen LogP contribution >= 0.6 is 15.9 Å². The summed E-state index contributed by atoms with van der Waals surface area (Å²) in [4.78, 5) is 4.20. The first-order valence-corrected chi connectivity index (χ1v) is 6.29. The van der Waals surface area contributed by atoms with E-state index in [9.17, 15) is 8.78 Å². The Hall–Kier alpha value is -1.82. The van der Waals surface area contributed by atoms with Crippen LogP contribution in [0, 0.1) is 11.6 Å². The van der Waals surface area contributed by atoms with Gasteiger partial charge in [0.25, 0.3) is 0 Å². The van der Waals surface area contributed by atoms with Crippen LogP contribution in [0.4, 0.5) is 8.78 Å². The first-order valence-electron chi connectivity index (χ1n) is 5.50. The summed E-state index contributed by atoms with van der Waals surface area (Å²) in [6.45, 7) is 0. The van der Waals surface area contributed by atoms with Crippen molar-refractivity contribution in [2.45, 2.75) is 0 Å². The number of nitrogens with zero attached hydrogens (tertiary/aromatic N) is 3. The van der Waals surface area contributed by atoms with E-state index in [2.05, 4.69) is 26.0 Å². The molecule has 0 bridgehead atoms. The Balaban J connectivity index is 2.23. The summed E-state index contributed by atoms with van der Waals surface area (Å²) in [5.41, 5.74) is 1.53. The lowest BCUT2D eigenvalue weighted by molar-refractivity contribution is 0.585. The maximum absolute atomic E-state index is 13.7.